The van der Waals surface area contributed by atoms with Gasteiger partial charge in [0.15, 0.2) is 5.76 Å². The molecule has 4 rings (SSSR count). The standard InChI is InChI=1S/C20H15NO2/c22-20-19(16-9-5-2-6-10-16)17-11-12-21(14-18(17)23-20)13-15-7-3-1-4-8-15/h1-12,14H,13H2. The Morgan fingerprint density at radius 1 is 0.870 bits per heavy atom. The molecule has 2 aliphatic heterocycles. The van der Waals surface area contributed by atoms with Gasteiger partial charge in [-0.15, -0.1) is 0 Å². The minimum Gasteiger partial charge on any atom is -0.421 e. The van der Waals surface area contributed by atoms with Gasteiger partial charge in [0.05, 0.1) is 5.56 Å². The van der Waals surface area contributed by atoms with Crippen molar-refractivity contribution >= 4 is 0 Å². The van der Waals surface area contributed by atoms with Crippen molar-refractivity contribution in [1.29, 1.82) is 0 Å². The Labute approximate surface area is 133 Å². The lowest BCUT2D eigenvalue weighted by Gasteiger charge is -2.09. The molecule has 0 atom stereocenters. The molecule has 3 nitrogen and oxygen atoms in total. The van der Waals surface area contributed by atoms with E-state index in [9.17, 15) is 4.79 Å². The predicted octanol–water partition coefficient (Wildman–Crippen LogP) is 4.26. The maximum Gasteiger partial charge on any atom is 0.344 e. The second-order valence-corrected chi connectivity index (χ2v) is 5.51. The van der Waals surface area contributed by atoms with Crippen molar-refractivity contribution in [2.24, 2.45) is 0 Å². The van der Waals surface area contributed by atoms with E-state index in [1.807, 2.05) is 71.6 Å². The average Bonchev–Trinajstić information content (AvgIpc) is 2.91. The molecule has 112 valence electrons. The van der Waals surface area contributed by atoms with Gasteiger partial charge in [-0.3, -0.25) is 0 Å². The van der Waals surface area contributed by atoms with Gasteiger partial charge in [-0.25, -0.2) is 4.79 Å². The second-order valence-electron chi connectivity index (χ2n) is 5.51. The van der Waals surface area contributed by atoms with Gasteiger partial charge in [0.1, 0.15) is 0 Å². The Morgan fingerprint density at radius 3 is 2.30 bits per heavy atom. The van der Waals surface area contributed by atoms with Crippen molar-refractivity contribution in [1.82, 2.24) is 4.57 Å². The molecule has 0 saturated heterocycles. The molecule has 3 heteroatoms. The summed E-state index contributed by atoms with van der Waals surface area (Å²) in [5.41, 5.74) is 3.28. The normalized spacial score (nSPS) is 11.0. The molecule has 2 aliphatic rings. The molecule has 0 unspecified atom stereocenters. The third-order valence-electron chi connectivity index (χ3n) is 3.93. The highest BCUT2D eigenvalue weighted by atomic mass is 16.4. The van der Waals surface area contributed by atoms with Crippen molar-refractivity contribution < 1.29 is 4.42 Å². The molecule has 0 spiro atoms. The summed E-state index contributed by atoms with van der Waals surface area (Å²) in [5, 5.41) is 0. The summed E-state index contributed by atoms with van der Waals surface area (Å²) in [5.74, 6) is 0.618. The highest BCUT2D eigenvalue weighted by molar-refractivity contribution is 5.81. The van der Waals surface area contributed by atoms with Crippen molar-refractivity contribution in [3.05, 3.63) is 95.1 Å². The van der Waals surface area contributed by atoms with Crippen LogP contribution in [0.3, 0.4) is 0 Å². The Hall–Kier alpha value is -3.07. The summed E-state index contributed by atoms with van der Waals surface area (Å²) in [6.07, 6.45) is 3.87. The van der Waals surface area contributed by atoms with Gasteiger partial charge >= 0.3 is 5.63 Å². The van der Waals surface area contributed by atoms with Gasteiger partial charge in [-0.2, -0.15) is 0 Å². The molecule has 0 amide bonds. The molecular formula is C20H15NO2. The molecule has 0 aromatic heterocycles. The molecule has 23 heavy (non-hydrogen) atoms. The van der Waals surface area contributed by atoms with Gasteiger partial charge in [0.2, 0.25) is 0 Å². The minimum atomic E-state index is -0.288. The van der Waals surface area contributed by atoms with E-state index >= 15 is 0 Å². The quantitative estimate of drug-likeness (QED) is 0.566. The highest BCUT2D eigenvalue weighted by Gasteiger charge is 2.19. The molecular weight excluding hydrogens is 286 g/mol. The van der Waals surface area contributed by atoms with Gasteiger partial charge in [-0.1, -0.05) is 60.7 Å². The zero-order valence-electron chi connectivity index (χ0n) is 12.5. The summed E-state index contributed by atoms with van der Waals surface area (Å²) in [6, 6.07) is 21.8. The van der Waals surface area contributed by atoms with Crippen LogP contribution in [0.2, 0.25) is 0 Å². The number of hydrogen-bond acceptors (Lipinski definition) is 2. The van der Waals surface area contributed by atoms with Crippen LogP contribution in [-0.4, -0.2) is 4.57 Å². The Balaban J connectivity index is 1.77. The lowest BCUT2D eigenvalue weighted by Crippen LogP contribution is -2.00. The zero-order chi connectivity index (χ0) is 15.6. The van der Waals surface area contributed by atoms with Crippen LogP contribution in [0.5, 0.6) is 0 Å². The van der Waals surface area contributed by atoms with Crippen molar-refractivity contribution in [3.8, 4) is 22.5 Å². The van der Waals surface area contributed by atoms with Crippen LogP contribution in [-0.2, 0) is 6.54 Å². The van der Waals surface area contributed by atoms with Crippen LogP contribution in [0.1, 0.15) is 5.56 Å². The molecule has 0 N–H and O–H groups in total. The third kappa shape index (κ3) is 2.57. The predicted molar refractivity (Wildman–Crippen MR) is 90.6 cm³/mol. The number of benzene rings is 2. The van der Waals surface area contributed by atoms with E-state index in [1.165, 1.54) is 5.56 Å². The minimum absolute atomic E-state index is 0.288. The third-order valence-corrected chi connectivity index (χ3v) is 3.93. The van der Waals surface area contributed by atoms with Crippen LogP contribution >= 0.6 is 0 Å². The van der Waals surface area contributed by atoms with Gasteiger partial charge in [-0.05, 0) is 17.2 Å². The summed E-state index contributed by atoms with van der Waals surface area (Å²) in [4.78, 5) is 12.2. The molecule has 0 saturated carbocycles. The number of pyridine rings is 1. The van der Waals surface area contributed by atoms with Crippen molar-refractivity contribution in [2.45, 2.75) is 6.54 Å². The fourth-order valence-corrected chi connectivity index (χ4v) is 2.84. The maximum absolute atomic E-state index is 12.2. The fourth-order valence-electron chi connectivity index (χ4n) is 2.84. The topological polar surface area (TPSA) is 35.1 Å². The van der Waals surface area contributed by atoms with Crippen LogP contribution in [0.4, 0.5) is 0 Å². The van der Waals surface area contributed by atoms with E-state index in [0.717, 1.165) is 17.7 Å². The van der Waals surface area contributed by atoms with E-state index in [4.69, 9.17) is 4.42 Å². The van der Waals surface area contributed by atoms with Crippen molar-refractivity contribution in [3.63, 3.8) is 0 Å². The highest BCUT2D eigenvalue weighted by Crippen LogP contribution is 2.31. The van der Waals surface area contributed by atoms with Crippen LogP contribution < -0.4 is 5.63 Å². The first-order chi connectivity index (χ1) is 11.3. The smallest absolute Gasteiger partial charge is 0.344 e. The van der Waals surface area contributed by atoms with E-state index in [2.05, 4.69) is 12.1 Å². The average molecular weight is 301 g/mol. The monoisotopic (exact) mass is 301 g/mol. The zero-order valence-corrected chi connectivity index (χ0v) is 12.5. The lowest BCUT2D eigenvalue weighted by molar-refractivity contribution is 0.539. The molecule has 0 radical (unpaired) electrons. The summed E-state index contributed by atoms with van der Waals surface area (Å²) in [7, 11) is 0. The SMILES string of the molecule is O=c1oc2cn(Cc3ccccc3)ccc-2c1-c1ccccc1. The van der Waals surface area contributed by atoms with E-state index in [1.54, 1.807) is 0 Å². The Bertz CT molecular complexity index is 952. The van der Waals surface area contributed by atoms with Gasteiger partial charge in [0, 0.05) is 24.5 Å². The van der Waals surface area contributed by atoms with Crippen LogP contribution in [0.25, 0.3) is 22.5 Å². The Kier molecular flexibility index (Phi) is 3.31. The van der Waals surface area contributed by atoms with E-state index in [-0.39, 0.29) is 5.63 Å². The molecule has 2 aromatic rings. The number of aromatic nitrogens is 1. The van der Waals surface area contributed by atoms with Gasteiger partial charge in [0.25, 0.3) is 0 Å². The summed E-state index contributed by atoms with van der Waals surface area (Å²) >= 11 is 0. The molecule has 2 aromatic carbocycles. The van der Waals surface area contributed by atoms with Crippen LogP contribution in [0.15, 0.2) is 88.3 Å². The Morgan fingerprint density at radius 2 is 1.57 bits per heavy atom. The first-order valence-electron chi connectivity index (χ1n) is 7.53. The maximum atomic E-state index is 12.2. The molecule has 0 fully saturated rings. The second kappa shape index (κ2) is 5.61. The first kappa shape index (κ1) is 13.6. The number of rotatable bonds is 3. The number of fused-ring (bicyclic) bond motifs is 1. The number of furan rings is 1. The summed E-state index contributed by atoms with van der Waals surface area (Å²) < 4.78 is 7.48. The van der Waals surface area contributed by atoms with Gasteiger partial charge < -0.3 is 8.98 Å². The van der Waals surface area contributed by atoms with E-state index < -0.39 is 0 Å². The number of hydrogen-bond donors (Lipinski definition) is 0. The van der Waals surface area contributed by atoms with Crippen LogP contribution in [0, 0.1) is 0 Å². The largest absolute Gasteiger partial charge is 0.421 e. The molecule has 2 heterocycles. The molecule has 0 bridgehead atoms. The lowest BCUT2D eigenvalue weighted by atomic mass is 10.0. The first-order valence-corrected chi connectivity index (χ1v) is 7.53. The number of nitrogens with zero attached hydrogens (tertiary/aromatic N) is 1. The van der Waals surface area contributed by atoms with Crippen molar-refractivity contribution in [2.75, 3.05) is 0 Å². The van der Waals surface area contributed by atoms with E-state index in [0.29, 0.717) is 11.3 Å². The summed E-state index contributed by atoms with van der Waals surface area (Å²) in [6.45, 7) is 0.742. The molecule has 0 aliphatic carbocycles. The fraction of sp³-hybridized carbons (Fsp3) is 0.0500.